The maximum Gasteiger partial charge on any atom is 0.280 e. The predicted octanol–water partition coefficient (Wildman–Crippen LogP) is 2.45. The van der Waals surface area contributed by atoms with Crippen molar-refractivity contribution < 1.29 is 15.0 Å². The molecule has 2 heterocycles. The van der Waals surface area contributed by atoms with Gasteiger partial charge in [-0.25, -0.2) is 9.36 Å². The van der Waals surface area contributed by atoms with E-state index in [1.54, 1.807) is 12.1 Å². The van der Waals surface area contributed by atoms with Crippen LogP contribution in [0, 0.1) is 0 Å². The number of aliphatic hydroxyl groups excluding tert-OH is 2. The lowest BCUT2D eigenvalue weighted by molar-refractivity contribution is -0.0291. The normalized spacial score (nSPS) is 13.1. The highest BCUT2D eigenvalue weighted by Gasteiger charge is 2.30. The fourth-order valence-electron chi connectivity index (χ4n) is 3.38. The Kier molecular flexibility index (Phi) is 5.83. The maximum atomic E-state index is 12.9. The number of nitrogens with zero attached hydrogens (tertiary/aromatic N) is 4. The molecular weight excluding hydrogens is 380 g/mol. The Bertz CT molecular complexity index is 1110. The van der Waals surface area contributed by atoms with Gasteiger partial charge in [0.2, 0.25) is 0 Å². The van der Waals surface area contributed by atoms with E-state index in [0.717, 1.165) is 15.8 Å². The van der Waals surface area contributed by atoms with E-state index >= 15 is 0 Å². The summed E-state index contributed by atoms with van der Waals surface area (Å²) in [5, 5.41) is 29.4. The fraction of sp³-hybridized carbons (Fsp3) is 0.174. The minimum absolute atomic E-state index is 0.483. The molecule has 0 radical (unpaired) electrons. The average molecular weight is 402 g/mol. The molecule has 0 aliphatic heterocycles. The molecule has 2 unspecified atom stereocenters. The number of aliphatic hydroxyl groups is 2. The van der Waals surface area contributed by atoms with Crippen molar-refractivity contribution in [1.82, 2.24) is 19.6 Å². The van der Waals surface area contributed by atoms with Gasteiger partial charge in [0, 0.05) is 30.9 Å². The number of rotatable bonds is 7. The summed E-state index contributed by atoms with van der Waals surface area (Å²) >= 11 is 0. The molecule has 2 aromatic heterocycles. The Labute approximate surface area is 173 Å². The standard InChI is InChI=1S/C23H22N4O3/c28-21(22(29)26-19(11-13-24-26)15-17-7-3-1-4-8-17)23(30)27-20(12-14-25-27)16-18-9-5-2-6-10-18/h1-14,21-22,28-29H,15-16H2. The van der Waals surface area contributed by atoms with Gasteiger partial charge in [0.05, 0.1) is 5.69 Å². The van der Waals surface area contributed by atoms with Gasteiger partial charge in [0.25, 0.3) is 5.91 Å². The van der Waals surface area contributed by atoms with Gasteiger partial charge in [0.15, 0.2) is 12.3 Å². The Balaban J connectivity index is 1.52. The first kappa shape index (κ1) is 19.8. The molecule has 30 heavy (non-hydrogen) atoms. The van der Waals surface area contributed by atoms with E-state index in [1.807, 2.05) is 60.7 Å². The van der Waals surface area contributed by atoms with Crippen LogP contribution in [0.5, 0.6) is 0 Å². The highest BCUT2D eigenvalue weighted by molar-refractivity contribution is 5.83. The van der Waals surface area contributed by atoms with Crippen LogP contribution in [-0.2, 0) is 12.8 Å². The van der Waals surface area contributed by atoms with Crippen molar-refractivity contribution in [3.63, 3.8) is 0 Å². The molecule has 4 rings (SSSR count). The van der Waals surface area contributed by atoms with Crippen molar-refractivity contribution in [3.05, 3.63) is 108 Å². The van der Waals surface area contributed by atoms with Crippen molar-refractivity contribution in [2.24, 2.45) is 0 Å². The van der Waals surface area contributed by atoms with E-state index in [1.165, 1.54) is 17.1 Å². The molecule has 0 aliphatic rings. The van der Waals surface area contributed by atoms with Gasteiger partial charge in [-0.1, -0.05) is 60.7 Å². The summed E-state index contributed by atoms with van der Waals surface area (Å²) in [6.45, 7) is 0. The van der Waals surface area contributed by atoms with Crippen LogP contribution in [0.2, 0.25) is 0 Å². The van der Waals surface area contributed by atoms with Crippen LogP contribution in [0.15, 0.2) is 85.2 Å². The molecule has 2 atom stereocenters. The minimum atomic E-state index is -1.71. The van der Waals surface area contributed by atoms with Crippen molar-refractivity contribution in [3.8, 4) is 0 Å². The van der Waals surface area contributed by atoms with E-state index in [4.69, 9.17) is 0 Å². The molecule has 7 nitrogen and oxygen atoms in total. The van der Waals surface area contributed by atoms with Gasteiger partial charge in [-0.15, -0.1) is 0 Å². The molecule has 2 N–H and O–H groups in total. The highest BCUT2D eigenvalue weighted by Crippen LogP contribution is 2.17. The van der Waals surface area contributed by atoms with E-state index in [0.29, 0.717) is 24.2 Å². The second-order valence-electron chi connectivity index (χ2n) is 7.02. The van der Waals surface area contributed by atoms with E-state index < -0.39 is 18.2 Å². The van der Waals surface area contributed by atoms with E-state index in [-0.39, 0.29) is 0 Å². The molecule has 0 saturated heterocycles. The Morgan fingerprint density at radius 3 is 1.93 bits per heavy atom. The van der Waals surface area contributed by atoms with Gasteiger partial charge in [-0.2, -0.15) is 10.2 Å². The quantitative estimate of drug-likeness (QED) is 0.495. The van der Waals surface area contributed by atoms with Gasteiger partial charge in [-0.05, 0) is 23.3 Å². The Morgan fingerprint density at radius 1 is 0.767 bits per heavy atom. The van der Waals surface area contributed by atoms with Gasteiger partial charge >= 0.3 is 0 Å². The zero-order chi connectivity index (χ0) is 20.9. The summed E-state index contributed by atoms with van der Waals surface area (Å²) in [6, 6.07) is 22.8. The summed E-state index contributed by atoms with van der Waals surface area (Å²) < 4.78 is 2.41. The summed E-state index contributed by atoms with van der Waals surface area (Å²) in [4.78, 5) is 12.9. The largest absolute Gasteiger partial charge is 0.379 e. The van der Waals surface area contributed by atoms with Crippen molar-refractivity contribution in [2.75, 3.05) is 0 Å². The van der Waals surface area contributed by atoms with Crippen molar-refractivity contribution in [2.45, 2.75) is 25.2 Å². The first-order valence-electron chi connectivity index (χ1n) is 9.67. The molecule has 2 aromatic carbocycles. The maximum absolute atomic E-state index is 12.9. The smallest absolute Gasteiger partial charge is 0.280 e. The fourth-order valence-corrected chi connectivity index (χ4v) is 3.38. The molecule has 7 heteroatoms. The zero-order valence-electron chi connectivity index (χ0n) is 16.2. The number of carbonyl (C=O) groups excluding carboxylic acids is 1. The van der Waals surface area contributed by atoms with Crippen LogP contribution in [0.1, 0.15) is 33.5 Å². The van der Waals surface area contributed by atoms with Gasteiger partial charge < -0.3 is 10.2 Å². The van der Waals surface area contributed by atoms with E-state index in [9.17, 15) is 15.0 Å². The second-order valence-corrected chi connectivity index (χ2v) is 7.02. The Hall–Kier alpha value is -3.55. The Morgan fingerprint density at radius 2 is 1.30 bits per heavy atom. The number of hydrogen-bond acceptors (Lipinski definition) is 5. The summed E-state index contributed by atoms with van der Waals surface area (Å²) in [7, 11) is 0. The number of hydrogen-bond donors (Lipinski definition) is 2. The zero-order valence-corrected chi connectivity index (χ0v) is 16.2. The monoisotopic (exact) mass is 402 g/mol. The lowest BCUT2D eigenvalue weighted by Crippen LogP contribution is -2.37. The summed E-state index contributed by atoms with van der Waals surface area (Å²) in [5.74, 6) is -0.709. The SMILES string of the molecule is O=C(C(O)C(O)n1nccc1Cc1ccccc1)n1nccc1Cc1ccccc1. The molecule has 0 spiro atoms. The topological polar surface area (TPSA) is 93.2 Å². The number of aromatic nitrogens is 4. The molecule has 0 aliphatic carbocycles. The number of benzene rings is 2. The third-order valence-corrected chi connectivity index (χ3v) is 4.92. The average Bonchev–Trinajstić information content (AvgIpc) is 3.43. The third-order valence-electron chi connectivity index (χ3n) is 4.92. The minimum Gasteiger partial charge on any atom is -0.379 e. The van der Waals surface area contributed by atoms with Crippen LogP contribution in [0.4, 0.5) is 0 Å². The van der Waals surface area contributed by atoms with Crippen LogP contribution in [0.25, 0.3) is 0 Å². The predicted molar refractivity (Wildman–Crippen MR) is 111 cm³/mol. The van der Waals surface area contributed by atoms with Gasteiger partial charge in [0.1, 0.15) is 0 Å². The van der Waals surface area contributed by atoms with Crippen LogP contribution in [-0.4, -0.2) is 41.8 Å². The highest BCUT2D eigenvalue weighted by atomic mass is 16.4. The lowest BCUT2D eigenvalue weighted by Gasteiger charge is -2.20. The van der Waals surface area contributed by atoms with Crippen molar-refractivity contribution >= 4 is 5.91 Å². The molecule has 0 bridgehead atoms. The third kappa shape index (κ3) is 4.22. The number of carbonyl (C=O) groups is 1. The molecule has 0 amide bonds. The summed E-state index contributed by atoms with van der Waals surface area (Å²) in [5.41, 5.74) is 3.36. The molecular formula is C23H22N4O3. The summed E-state index contributed by atoms with van der Waals surface area (Å²) in [6.07, 6.45) is 0.794. The molecule has 0 fully saturated rings. The van der Waals surface area contributed by atoms with Crippen LogP contribution < -0.4 is 0 Å². The molecule has 4 aromatic rings. The van der Waals surface area contributed by atoms with Crippen LogP contribution >= 0.6 is 0 Å². The van der Waals surface area contributed by atoms with Crippen LogP contribution in [0.3, 0.4) is 0 Å². The van der Waals surface area contributed by atoms with E-state index in [2.05, 4.69) is 10.2 Å². The first-order valence-corrected chi connectivity index (χ1v) is 9.67. The molecule has 152 valence electrons. The lowest BCUT2D eigenvalue weighted by atomic mass is 10.1. The van der Waals surface area contributed by atoms with Gasteiger partial charge in [-0.3, -0.25) is 4.79 Å². The van der Waals surface area contributed by atoms with Crippen molar-refractivity contribution in [1.29, 1.82) is 0 Å². The molecule has 0 saturated carbocycles. The first-order chi connectivity index (χ1) is 14.6. The second kappa shape index (κ2) is 8.86.